The molecule has 0 spiro atoms. The van der Waals surface area contributed by atoms with Crippen molar-refractivity contribution in [2.24, 2.45) is 0 Å². The van der Waals surface area contributed by atoms with Crippen LogP contribution in [0.1, 0.15) is 60.0 Å². The average molecular weight is 571 g/mol. The van der Waals surface area contributed by atoms with E-state index in [0.717, 1.165) is 24.3 Å². The second kappa shape index (κ2) is 11.8. The summed E-state index contributed by atoms with van der Waals surface area (Å²) in [5.41, 5.74) is -1.65. The van der Waals surface area contributed by atoms with Gasteiger partial charge in [0.25, 0.3) is 0 Å². The molecule has 2 atom stereocenters. The van der Waals surface area contributed by atoms with Crippen LogP contribution in [0.4, 0.5) is 31.1 Å². The van der Waals surface area contributed by atoms with Crippen molar-refractivity contribution in [1.82, 2.24) is 20.4 Å². The molecule has 4 amide bonds. The predicted molar refractivity (Wildman–Crippen MR) is 132 cm³/mol. The third-order valence-electron chi connectivity index (χ3n) is 6.99. The summed E-state index contributed by atoms with van der Waals surface area (Å²) in [5.74, 6) is -0.401. The molecular formula is C27H28F6N4O3. The van der Waals surface area contributed by atoms with E-state index < -0.39 is 41.6 Å². The molecule has 0 unspecified atom stereocenters. The Labute approximate surface area is 226 Å². The molecule has 0 bridgehead atoms. The minimum atomic E-state index is -4.64. The van der Waals surface area contributed by atoms with Gasteiger partial charge in [0, 0.05) is 39.0 Å². The SMILES string of the molecule is O=C(N[C@H](CN1CCCC1=O)c1cccc(C(F)(F)F)c1)N[C@H](CN1CCCC1=O)c1cccc(C(F)(F)F)c1. The van der Waals surface area contributed by atoms with Crippen LogP contribution < -0.4 is 10.6 Å². The molecule has 2 aliphatic heterocycles. The van der Waals surface area contributed by atoms with Gasteiger partial charge in [0.2, 0.25) is 11.8 Å². The van der Waals surface area contributed by atoms with E-state index in [1.165, 1.54) is 34.1 Å². The van der Waals surface area contributed by atoms with Crippen molar-refractivity contribution in [3.63, 3.8) is 0 Å². The normalized spacial score (nSPS) is 17.8. The van der Waals surface area contributed by atoms with E-state index in [1.807, 2.05) is 0 Å². The minimum Gasteiger partial charge on any atom is -0.340 e. The van der Waals surface area contributed by atoms with Gasteiger partial charge in [-0.15, -0.1) is 0 Å². The zero-order valence-corrected chi connectivity index (χ0v) is 21.3. The van der Waals surface area contributed by atoms with Crippen LogP contribution in [0.25, 0.3) is 0 Å². The summed E-state index contributed by atoms with van der Waals surface area (Å²) in [4.78, 5) is 40.6. The van der Waals surface area contributed by atoms with E-state index in [9.17, 15) is 40.7 Å². The molecule has 2 saturated heterocycles. The Morgan fingerprint density at radius 2 is 1.12 bits per heavy atom. The lowest BCUT2D eigenvalue weighted by Crippen LogP contribution is -2.46. The number of carbonyl (C=O) groups is 3. The van der Waals surface area contributed by atoms with Gasteiger partial charge in [0.05, 0.1) is 23.2 Å². The molecule has 2 heterocycles. The number of nitrogens with zero attached hydrogens (tertiary/aromatic N) is 2. The smallest absolute Gasteiger partial charge is 0.340 e. The van der Waals surface area contributed by atoms with Crippen molar-refractivity contribution >= 4 is 17.8 Å². The summed E-state index contributed by atoms with van der Waals surface area (Å²) in [7, 11) is 0. The molecule has 216 valence electrons. The minimum absolute atomic E-state index is 0.0909. The van der Waals surface area contributed by atoms with Crippen LogP contribution in [0.15, 0.2) is 48.5 Å². The maximum absolute atomic E-state index is 13.4. The maximum atomic E-state index is 13.4. The van der Waals surface area contributed by atoms with E-state index in [1.54, 1.807) is 0 Å². The number of hydrogen-bond donors (Lipinski definition) is 2. The van der Waals surface area contributed by atoms with Crippen molar-refractivity contribution in [2.75, 3.05) is 26.2 Å². The van der Waals surface area contributed by atoms with Crippen LogP contribution in [0, 0.1) is 0 Å². The zero-order valence-electron chi connectivity index (χ0n) is 21.3. The standard InChI is InChI=1S/C27H28F6N4O3/c28-26(29,30)19-7-1-5-17(13-19)21(15-36-11-3-9-23(36)38)34-25(40)35-22(16-37-12-4-10-24(37)39)18-6-2-8-20(14-18)27(31,32)33/h1-2,5-8,13-14,21-22H,3-4,9-12,15-16H2,(H2,34,35,40)/t21-,22-/m1/s1. The fourth-order valence-corrected chi connectivity index (χ4v) is 4.93. The highest BCUT2D eigenvalue weighted by Crippen LogP contribution is 2.33. The van der Waals surface area contributed by atoms with Crippen LogP contribution in [0.3, 0.4) is 0 Å². The lowest BCUT2D eigenvalue weighted by molar-refractivity contribution is -0.138. The van der Waals surface area contributed by atoms with Crippen molar-refractivity contribution in [1.29, 1.82) is 0 Å². The molecule has 0 saturated carbocycles. The lowest BCUT2D eigenvalue weighted by atomic mass is 10.0. The molecule has 2 N–H and O–H groups in total. The van der Waals surface area contributed by atoms with Crippen molar-refractivity contribution in [3.05, 3.63) is 70.8 Å². The number of likely N-dealkylation sites (tertiary alicyclic amines) is 2. The Kier molecular flexibility index (Phi) is 8.59. The molecule has 2 aromatic carbocycles. The molecule has 2 aromatic rings. The van der Waals surface area contributed by atoms with Crippen molar-refractivity contribution in [2.45, 2.75) is 50.1 Å². The first kappa shape index (κ1) is 29.2. The second-order valence-electron chi connectivity index (χ2n) is 9.86. The average Bonchev–Trinajstić information content (AvgIpc) is 3.49. The summed E-state index contributed by atoms with van der Waals surface area (Å²) in [5, 5.41) is 5.21. The van der Waals surface area contributed by atoms with E-state index in [2.05, 4.69) is 10.6 Å². The quantitative estimate of drug-likeness (QED) is 0.436. The van der Waals surface area contributed by atoms with Gasteiger partial charge in [-0.25, -0.2) is 4.79 Å². The summed E-state index contributed by atoms with van der Waals surface area (Å²) in [6.45, 7) is 0.571. The van der Waals surface area contributed by atoms with Crippen LogP contribution in [0.2, 0.25) is 0 Å². The van der Waals surface area contributed by atoms with Crippen molar-refractivity contribution < 1.29 is 40.7 Å². The number of halogens is 6. The monoisotopic (exact) mass is 570 g/mol. The first-order chi connectivity index (χ1) is 18.8. The van der Waals surface area contributed by atoms with Gasteiger partial charge >= 0.3 is 18.4 Å². The Hall–Kier alpha value is -3.77. The molecular weight excluding hydrogens is 542 g/mol. The third-order valence-corrected chi connectivity index (χ3v) is 6.99. The van der Waals surface area contributed by atoms with Gasteiger partial charge < -0.3 is 20.4 Å². The Bertz CT molecular complexity index is 1160. The fraction of sp³-hybridized carbons (Fsp3) is 0.444. The van der Waals surface area contributed by atoms with Gasteiger partial charge in [-0.1, -0.05) is 24.3 Å². The Morgan fingerprint density at radius 1 is 0.725 bits per heavy atom. The fourth-order valence-electron chi connectivity index (χ4n) is 4.93. The van der Waals surface area contributed by atoms with Crippen LogP contribution in [-0.4, -0.2) is 53.8 Å². The second-order valence-corrected chi connectivity index (χ2v) is 9.86. The molecule has 0 aromatic heterocycles. The molecule has 2 aliphatic rings. The Morgan fingerprint density at radius 3 is 1.45 bits per heavy atom. The first-order valence-electron chi connectivity index (χ1n) is 12.8. The summed E-state index contributed by atoms with van der Waals surface area (Å²) < 4.78 is 80.3. The molecule has 13 heteroatoms. The Balaban J connectivity index is 1.59. The van der Waals surface area contributed by atoms with E-state index in [-0.39, 0.29) is 48.9 Å². The number of carbonyl (C=O) groups excluding carboxylic acids is 3. The number of nitrogens with one attached hydrogen (secondary N) is 2. The number of hydrogen-bond acceptors (Lipinski definition) is 3. The highest BCUT2D eigenvalue weighted by atomic mass is 19.4. The number of urea groups is 1. The van der Waals surface area contributed by atoms with Crippen molar-refractivity contribution in [3.8, 4) is 0 Å². The highest BCUT2D eigenvalue weighted by Gasteiger charge is 2.34. The molecule has 7 nitrogen and oxygen atoms in total. The third kappa shape index (κ3) is 7.24. The van der Waals surface area contributed by atoms with E-state index in [4.69, 9.17) is 0 Å². The van der Waals surface area contributed by atoms with Gasteiger partial charge in [-0.3, -0.25) is 9.59 Å². The predicted octanol–water partition coefficient (Wildman–Crippen LogP) is 5.05. The number of benzene rings is 2. The molecule has 4 rings (SSSR count). The summed E-state index contributed by atoms with van der Waals surface area (Å²) in [6.07, 6.45) is -7.57. The van der Waals surface area contributed by atoms with E-state index in [0.29, 0.717) is 25.9 Å². The maximum Gasteiger partial charge on any atom is 0.416 e. The van der Waals surface area contributed by atoms with Crippen LogP contribution >= 0.6 is 0 Å². The van der Waals surface area contributed by atoms with Gasteiger partial charge in [-0.05, 0) is 48.2 Å². The van der Waals surface area contributed by atoms with Gasteiger partial charge in [0.1, 0.15) is 0 Å². The number of rotatable bonds is 8. The molecule has 0 radical (unpaired) electrons. The van der Waals surface area contributed by atoms with Gasteiger partial charge in [-0.2, -0.15) is 26.3 Å². The van der Waals surface area contributed by atoms with Crippen LogP contribution in [0.5, 0.6) is 0 Å². The molecule has 2 fully saturated rings. The molecule has 0 aliphatic carbocycles. The summed E-state index contributed by atoms with van der Waals surface area (Å²) >= 11 is 0. The van der Waals surface area contributed by atoms with Crippen LogP contribution in [-0.2, 0) is 21.9 Å². The first-order valence-corrected chi connectivity index (χ1v) is 12.8. The summed E-state index contributed by atoms with van der Waals surface area (Å²) in [6, 6.07) is 5.78. The molecule has 40 heavy (non-hydrogen) atoms. The largest absolute Gasteiger partial charge is 0.416 e. The number of alkyl halides is 6. The highest BCUT2D eigenvalue weighted by molar-refractivity contribution is 5.79. The van der Waals surface area contributed by atoms with Gasteiger partial charge in [0.15, 0.2) is 0 Å². The van der Waals surface area contributed by atoms with E-state index >= 15 is 0 Å². The topological polar surface area (TPSA) is 81.8 Å². The zero-order chi connectivity index (χ0) is 29.1. The number of amides is 4. The lowest BCUT2D eigenvalue weighted by Gasteiger charge is -2.29.